The molecule has 2 N–H and O–H groups in total. The predicted octanol–water partition coefficient (Wildman–Crippen LogP) is 2.68. The Balaban J connectivity index is 2.89. The van der Waals surface area contributed by atoms with E-state index in [0.29, 0.717) is 27.9 Å². The number of benzene rings is 1. The predicted molar refractivity (Wildman–Crippen MR) is 61.2 cm³/mol. The molecule has 0 radical (unpaired) electrons. The fourth-order valence-electron chi connectivity index (χ4n) is 1.17. The van der Waals surface area contributed by atoms with E-state index >= 15 is 0 Å². The molecule has 0 fully saturated rings. The van der Waals surface area contributed by atoms with Crippen molar-refractivity contribution in [2.45, 2.75) is 13.3 Å². The Labute approximate surface area is 98.1 Å². The lowest BCUT2D eigenvalue weighted by Crippen LogP contribution is -2.08. The van der Waals surface area contributed by atoms with Gasteiger partial charge in [-0.1, -0.05) is 23.2 Å². The van der Waals surface area contributed by atoms with Gasteiger partial charge in [0.05, 0.1) is 23.1 Å². The van der Waals surface area contributed by atoms with Crippen LogP contribution in [0.4, 0.5) is 5.69 Å². The van der Waals surface area contributed by atoms with Gasteiger partial charge in [0.25, 0.3) is 0 Å². The Kier molecular flexibility index (Phi) is 4.24. The van der Waals surface area contributed by atoms with Crippen LogP contribution in [0.15, 0.2) is 12.1 Å². The van der Waals surface area contributed by atoms with Crippen LogP contribution in [0.1, 0.15) is 12.5 Å². The molecule has 5 heteroatoms. The lowest BCUT2D eigenvalue weighted by molar-refractivity contribution is -0.142. The third-order valence-corrected chi connectivity index (χ3v) is 2.61. The van der Waals surface area contributed by atoms with Gasteiger partial charge in [-0.15, -0.1) is 0 Å². The zero-order chi connectivity index (χ0) is 11.4. The summed E-state index contributed by atoms with van der Waals surface area (Å²) < 4.78 is 4.80. The summed E-state index contributed by atoms with van der Waals surface area (Å²) in [6.07, 6.45) is 0.0808. The van der Waals surface area contributed by atoms with Crippen molar-refractivity contribution in [3.63, 3.8) is 0 Å². The molecular formula is C10H11Cl2NO2. The molecule has 1 rings (SSSR count). The van der Waals surface area contributed by atoms with Gasteiger partial charge in [0.15, 0.2) is 0 Å². The van der Waals surface area contributed by atoms with Crippen molar-refractivity contribution in [3.8, 4) is 0 Å². The number of hydrogen-bond donors (Lipinski definition) is 1. The van der Waals surface area contributed by atoms with Gasteiger partial charge in [0.2, 0.25) is 0 Å². The summed E-state index contributed by atoms with van der Waals surface area (Å²) in [4.78, 5) is 11.2. The molecule has 3 nitrogen and oxygen atoms in total. The molecule has 82 valence electrons. The number of carbonyl (C=O) groups is 1. The number of hydrogen-bond acceptors (Lipinski definition) is 3. The number of ether oxygens (including phenoxy) is 1. The largest absolute Gasteiger partial charge is 0.466 e. The highest BCUT2D eigenvalue weighted by Crippen LogP contribution is 2.29. The molecule has 1 aromatic rings. The third-order valence-electron chi connectivity index (χ3n) is 1.77. The summed E-state index contributed by atoms with van der Waals surface area (Å²) in [6.45, 7) is 2.08. The smallest absolute Gasteiger partial charge is 0.310 e. The molecule has 0 saturated carbocycles. The highest BCUT2D eigenvalue weighted by molar-refractivity contribution is 6.42. The van der Waals surface area contributed by atoms with Crippen LogP contribution in [0.25, 0.3) is 0 Å². The second-order valence-corrected chi connectivity index (χ2v) is 3.74. The first-order valence-corrected chi connectivity index (χ1v) is 5.19. The highest BCUT2D eigenvalue weighted by atomic mass is 35.5. The molecule has 0 bridgehead atoms. The lowest BCUT2D eigenvalue weighted by Gasteiger charge is -2.07. The number of nitrogen functional groups attached to an aromatic ring is 1. The van der Waals surface area contributed by atoms with Crippen molar-refractivity contribution < 1.29 is 9.53 Å². The average molecular weight is 248 g/mol. The molecule has 0 amide bonds. The molecule has 0 saturated heterocycles. The van der Waals surface area contributed by atoms with Gasteiger partial charge >= 0.3 is 5.97 Å². The molecule has 1 aromatic carbocycles. The fraction of sp³-hybridized carbons (Fsp3) is 0.300. The topological polar surface area (TPSA) is 52.3 Å². The second-order valence-electron chi connectivity index (χ2n) is 2.96. The van der Waals surface area contributed by atoms with Gasteiger partial charge in [0, 0.05) is 5.69 Å². The Morgan fingerprint density at radius 3 is 2.73 bits per heavy atom. The van der Waals surface area contributed by atoms with E-state index in [-0.39, 0.29) is 12.4 Å². The van der Waals surface area contributed by atoms with E-state index in [1.54, 1.807) is 19.1 Å². The van der Waals surface area contributed by atoms with Crippen LogP contribution in [0.5, 0.6) is 0 Å². The number of nitrogens with two attached hydrogens (primary N) is 1. The Morgan fingerprint density at radius 1 is 1.47 bits per heavy atom. The first kappa shape index (κ1) is 12.1. The summed E-state index contributed by atoms with van der Waals surface area (Å²) in [5, 5.41) is 0.690. The number of rotatable bonds is 3. The van der Waals surface area contributed by atoms with Gasteiger partial charge in [-0.2, -0.15) is 0 Å². The monoisotopic (exact) mass is 247 g/mol. The van der Waals surface area contributed by atoms with Crippen LogP contribution in [0.3, 0.4) is 0 Å². The number of carbonyl (C=O) groups excluding carboxylic acids is 1. The van der Waals surface area contributed by atoms with Crippen molar-refractivity contribution in [1.29, 1.82) is 0 Å². The minimum Gasteiger partial charge on any atom is -0.466 e. The van der Waals surface area contributed by atoms with Crippen LogP contribution < -0.4 is 5.73 Å². The van der Waals surface area contributed by atoms with E-state index in [0.717, 1.165) is 0 Å². The van der Waals surface area contributed by atoms with E-state index in [1.165, 1.54) is 0 Å². The Hall–Kier alpha value is -0.930. The van der Waals surface area contributed by atoms with Gasteiger partial charge < -0.3 is 10.5 Å². The van der Waals surface area contributed by atoms with Crippen LogP contribution in [0.2, 0.25) is 10.0 Å². The Morgan fingerprint density at radius 2 is 2.13 bits per heavy atom. The van der Waals surface area contributed by atoms with Crippen LogP contribution >= 0.6 is 23.2 Å². The molecule has 15 heavy (non-hydrogen) atoms. The van der Waals surface area contributed by atoms with E-state index in [1.807, 2.05) is 0 Å². The van der Waals surface area contributed by atoms with E-state index in [2.05, 4.69) is 0 Å². The van der Waals surface area contributed by atoms with Crippen molar-refractivity contribution in [3.05, 3.63) is 27.7 Å². The number of esters is 1. The fourth-order valence-corrected chi connectivity index (χ4v) is 1.59. The van der Waals surface area contributed by atoms with Crippen molar-refractivity contribution in [2.24, 2.45) is 0 Å². The van der Waals surface area contributed by atoms with Crippen LogP contribution in [-0.4, -0.2) is 12.6 Å². The SMILES string of the molecule is CCOC(=O)Cc1cc(N)cc(Cl)c1Cl. The normalized spacial score (nSPS) is 10.1. The second kappa shape index (κ2) is 5.24. The summed E-state index contributed by atoms with van der Waals surface area (Å²) in [5.41, 5.74) is 6.64. The van der Waals surface area contributed by atoms with Crippen LogP contribution in [-0.2, 0) is 16.0 Å². The van der Waals surface area contributed by atoms with E-state index in [9.17, 15) is 4.79 Å². The van der Waals surface area contributed by atoms with Gasteiger partial charge in [-0.25, -0.2) is 0 Å². The quantitative estimate of drug-likeness (QED) is 0.660. The molecule has 0 aliphatic carbocycles. The molecule has 0 aromatic heterocycles. The maximum atomic E-state index is 11.2. The van der Waals surface area contributed by atoms with Gasteiger partial charge in [0.1, 0.15) is 0 Å². The standard InChI is InChI=1S/C10H11Cl2NO2/c1-2-15-9(14)4-6-3-7(13)5-8(11)10(6)12/h3,5H,2,4,13H2,1H3. The zero-order valence-electron chi connectivity index (χ0n) is 8.22. The molecule has 0 spiro atoms. The van der Waals surface area contributed by atoms with E-state index in [4.69, 9.17) is 33.7 Å². The highest BCUT2D eigenvalue weighted by Gasteiger charge is 2.11. The first-order valence-electron chi connectivity index (χ1n) is 4.43. The minimum absolute atomic E-state index is 0.0808. The third kappa shape index (κ3) is 3.29. The molecule has 0 unspecified atom stereocenters. The minimum atomic E-state index is -0.346. The van der Waals surface area contributed by atoms with Gasteiger partial charge in [-0.3, -0.25) is 4.79 Å². The van der Waals surface area contributed by atoms with Crippen LogP contribution in [0, 0.1) is 0 Å². The van der Waals surface area contributed by atoms with Crippen molar-refractivity contribution >= 4 is 34.9 Å². The molecule has 0 heterocycles. The maximum absolute atomic E-state index is 11.2. The lowest BCUT2D eigenvalue weighted by atomic mass is 10.1. The zero-order valence-corrected chi connectivity index (χ0v) is 9.73. The number of anilines is 1. The number of halogens is 2. The molecular weight excluding hydrogens is 237 g/mol. The average Bonchev–Trinajstić information content (AvgIpc) is 2.13. The molecule has 0 aliphatic heterocycles. The summed E-state index contributed by atoms with van der Waals surface area (Å²) >= 11 is 11.7. The van der Waals surface area contributed by atoms with Gasteiger partial charge in [-0.05, 0) is 24.6 Å². The molecule has 0 aliphatic rings. The van der Waals surface area contributed by atoms with Crippen molar-refractivity contribution in [2.75, 3.05) is 12.3 Å². The van der Waals surface area contributed by atoms with E-state index < -0.39 is 0 Å². The first-order chi connectivity index (χ1) is 7.04. The maximum Gasteiger partial charge on any atom is 0.310 e. The summed E-state index contributed by atoms with van der Waals surface area (Å²) in [7, 11) is 0. The molecule has 0 atom stereocenters. The Bertz CT molecular complexity index is 380. The van der Waals surface area contributed by atoms with Crippen molar-refractivity contribution in [1.82, 2.24) is 0 Å². The summed E-state index contributed by atoms with van der Waals surface area (Å²) in [6, 6.07) is 3.16. The summed E-state index contributed by atoms with van der Waals surface area (Å²) in [5.74, 6) is -0.346.